The number of aromatic nitrogens is 1. The number of rotatable bonds is 5. The maximum Gasteiger partial charge on any atom is 0.334 e. The van der Waals surface area contributed by atoms with E-state index in [1.807, 2.05) is 0 Å². The van der Waals surface area contributed by atoms with Crippen LogP contribution in [-0.4, -0.2) is 40.0 Å². The van der Waals surface area contributed by atoms with Crippen LogP contribution in [0, 0.1) is 13.8 Å². The van der Waals surface area contributed by atoms with Crippen LogP contribution in [0.5, 0.6) is 0 Å². The quantitative estimate of drug-likeness (QED) is 0.565. The Morgan fingerprint density at radius 2 is 2.06 bits per heavy atom. The Balaban J connectivity index is 2.36. The molecule has 1 aromatic rings. The van der Waals surface area contributed by atoms with E-state index in [-0.39, 0.29) is 13.1 Å². The number of carbonyl (C=O) groups excluding carboxylic acids is 1. The highest BCUT2D eigenvalue weighted by Gasteiger charge is 2.14. The van der Waals surface area contributed by atoms with E-state index in [1.165, 1.54) is 0 Å². The molecule has 0 saturated heterocycles. The predicted octanol–water partition coefficient (Wildman–Crippen LogP) is -0.464. The maximum atomic E-state index is 11.3. The van der Waals surface area contributed by atoms with Crippen LogP contribution in [0.4, 0.5) is 4.79 Å². The predicted molar refractivity (Wildman–Crippen MR) is 59.9 cm³/mol. The summed E-state index contributed by atoms with van der Waals surface area (Å²) in [7, 11) is 0. The fourth-order valence-electron chi connectivity index (χ4n) is 1.26. The van der Waals surface area contributed by atoms with E-state index in [0.717, 1.165) is 5.56 Å². The maximum absolute atomic E-state index is 11.3. The van der Waals surface area contributed by atoms with Crippen LogP contribution < -0.4 is 10.6 Å². The number of carboxylic acid groups (broad SMARTS) is 1. The lowest BCUT2D eigenvalue weighted by Gasteiger charge is -2.09. The average Bonchev–Trinajstić information content (AvgIpc) is 2.63. The van der Waals surface area contributed by atoms with Crippen molar-refractivity contribution in [3.05, 3.63) is 17.0 Å². The van der Waals surface area contributed by atoms with Crippen LogP contribution >= 0.6 is 0 Å². The number of nitrogens with one attached hydrogen (secondary N) is 2. The number of hydrogen-bond donors (Lipinski definition) is 4. The molecule has 0 fully saturated rings. The average molecular weight is 257 g/mol. The summed E-state index contributed by atoms with van der Waals surface area (Å²) < 4.78 is 4.92. The molecule has 1 unspecified atom stereocenters. The van der Waals surface area contributed by atoms with Crippen molar-refractivity contribution in [2.45, 2.75) is 26.5 Å². The smallest absolute Gasteiger partial charge is 0.334 e. The van der Waals surface area contributed by atoms with Gasteiger partial charge in [-0.15, -0.1) is 0 Å². The van der Waals surface area contributed by atoms with Crippen LogP contribution in [0.2, 0.25) is 0 Å². The molecule has 0 aliphatic rings. The minimum Gasteiger partial charge on any atom is -0.479 e. The van der Waals surface area contributed by atoms with E-state index >= 15 is 0 Å². The highest BCUT2D eigenvalue weighted by molar-refractivity contribution is 5.76. The van der Waals surface area contributed by atoms with Gasteiger partial charge in [-0.3, -0.25) is 0 Å². The fraction of sp³-hybridized carbons (Fsp3) is 0.500. The Morgan fingerprint density at radius 1 is 1.39 bits per heavy atom. The Bertz CT molecular complexity index is 423. The number of aliphatic carboxylic acids is 1. The molecular weight excluding hydrogens is 242 g/mol. The lowest BCUT2D eigenvalue weighted by atomic mass is 10.2. The molecule has 0 radical (unpaired) electrons. The number of aliphatic hydroxyl groups excluding tert-OH is 1. The zero-order valence-corrected chi connectivity index (χ0v) is 10.1. The first kappa shape index (κ1) is 14.0. The molecule has 0 spiro atoms. The van der Waals surface area contributed by atoms with Gasteiger partial charge in [-0.1, -0.05) is 5.16 Å². The van der Waals surface area contributed by atoms with E-state index in [4.69, 9.17) is 14.7 Å². The molecule has 0 aliphatic heterocycles. The van der Waals surface area contributed by atoms with Gasteiger partial charge in [-0.05, 0) is 13.8 Å². The summed E-state index contributed by atoms with van der Waals surface area (Å²) in [4.78, 5) is 21.6. The number of aliphatic hydroxyl groups is 1. The third kappa shape index (κ3) is 3.74. The number of aryl methyl sites for hydroxylation is 2. The first-order valence-electron chi connectivity index (χ1n) is 5.26. The number of urea groups is 1. The monoisotopic (exact) mass is 257 g/mol. The van der Waals surface area contributed by atoms with Gasteiger partial charge in [0, 0.05) is 12.1 Å². The molecule has 2 amide bonds. The van der Waals surface area contributed by atoms with Crippen molar-refractivity contribution in [1.29, 1.82) is 0 Å². The van der Waals surface area contributed by atoms with Crippen molar-refractivity contribution in [3.8, 4) is 0 Å². The van der Waals surface area contributed by atoms with Crippen LogP contribution in [0.15, 0.2) is 4.52 Å². The second kappa shape index (κ2) is 6.01. The molecule has 8 heteroatoms. The summed E-state index contributed by atoms with van der Waals surface area (Å²) in [6, 6.07) is -0.574. The van der Waals surface area contributed by atoms with E-state index in [2.05, 4.69) is 15.8 Å². The second-order valence-electron chi connectivity index (χ2n) is 3.72. The zero-order valence-electron chi connectivity index (χ0n) is 10.1. The van der Waals surface area contributed by atoms with Crippen LogP contribution in [-0.2, 0) is 11.3 Å². The second-order valence-corrected chi connectivity index (χ2v) is 3.72. The SMILES string of the molecule is Cc1noc(C)c1CNC(=O)NCC(O)C(=O)O. The van der Waals surface area contributed by atoms with E-state index in [1.54, 1.807) is 13.8 Å². The van der Waals surface area contributed by atoms with Gasteiger partial charge in [0.05, 0.1) is 12.2 Å². The summed E-state index contributed by atoms with van der Waals surface area (Å²) in [6.07, 6.45) is -1.62. The number of hydrogen-bond acceptors (Lipinski definition) is 5. The first-order chi connectivity index (χ1) is 8.41. The molecule has 18 heavy (non-hydrogen) atoms. The normalized spacial score (nSPS) is 11.9. The number of carboxylic acids is 1. The van der Waals surface area contributed by atoms with Crippen molar-refractivity contribution in [2.24, 2.45) is 0 Å². The van der Waals surface area contributed by atoms with Gasteiger partial charge in [0.25, 0.3) is 0 Å². The number of amides is 2. The van der Waals surface area contributed by atoms with Crippen molar-refractivity contribution >= 4 is 12.0 Å². The minimum absolute atomic E-state index is 0.218. The largest absolute Gasteiger partial charge is 0.479 e. The van der Waals surface area contributed by atoms with Crippen molar-refractivity contribution < 1.29 is 24.3 Å². The van der Waals surface area contributed by atoms with E-state index < -0.39 is 18.1 Å². The molecule has 0 saturated carbocycles. The molecule has 0 aromatic carbocycles. The highest BCUT2D eigenvalue weighted by atomic mass is 16.5. The summed E-state index contributed by atoms with van der Waals surface area (Å²) in [6.45, 7) is 3.33. The molecule has 4 N–H and O–H groups in total. The third-order valence-corrected chi connectivity index (χ3v) is 2.35. The molecule has 100 valence electrons. The van der Waals surface area contributed by atoms with Crippen LogP contribution in [0.1, 0.15) is 17.0 Å². The van der Waals surface area contributed by atoms with Gasteiger partial charge in [0.1, 0.15) is 5.76 Å². The Kier molecular flexibility index (Phi) is 4.67. The molecular formula is C10H15N3O5. The van der Waals surface area contributed by atoms with Gasteiger partial charge in [0.2, 0.25) is 0 Å². The fourth-order valence-corrected chi connectivity index (χ4v) is 1.26. The highest BCUT2D eigenvalue weighted by Crippen LogP contribution is 2.11. The first-order valence-corrected chi connectivity index (χ1v) is 5.26. The van der Waals surface area contributed by atoms with Gasteiger partial charge in [-0.2, -0.15) is 0 Å². The number of nitrogens with zero attached hydrogens (tertiary/aromatic N) is 1. The van der Waals surface area contributed by atoms with Crippen LogP contribution in [0.3, 0.4) is 0 Å². The molecule has 0 aliphatic carbocycles. The molecule has 1 heterocycles. The van der Waals surface area contributed by atoms with E-state index in [9.17, 15) is 9.59 Å². The van der Waals surface area contributed by atoms with Gasteiger partial charge < -0.3 is 25.4 Å². The molecule has 1 rings (SSSR count). The lowest BCUT2D eigenvalue weighted by molar-refractivity contribution is -0.146. The third-order valence-electron chi connectivity index (χ3n) is 2.35. The standard InChI is InChI=1S/C10H15N3O5/c1-5-7(6(2)18-13-5)3-11-10(17)12-4-8(14)9(15)16/h8,14H,3-4H2,1-2H3,(H,15,16)(H2,11,12,17). The minimum atomic E-state index is -1.62. The topological polar surface area (TPSA) is 125 Å². The molecule has 8 nitrogen and oxygen atoms in total. The van der Waals surface area contributed by atoms with Crippen molar-refractivity contribution in [1.82, 2.24) is 15.8 Å². The Hall–Kier alpha value is -2.09. The van der Waals surface area contributed by atoms with Gasteiger partial charge >= 0.3 is 12.0 Å². The summed E-state index contributed by atoms with van der Waals surface area (Å²) in [5.74, 6) is -0.778. The van der Waals surface area contributed by atoms with E-state index in [0.29, 0.717) is 11.5 Å². The zero-order chi connectivity index (χ0) is 13.7. The summed E-state index contributed by atoms with van der Waals surface area (Å²) in [5.41, 5.74) is 1.45. The van der Waals surface area contributed by atoms with Crippen LogP contribution in [0.25, 0.3) is 0 Å². The molecule has 0 bridgehead atoms. The van der Waals surface area contributed by atoms with Crippen molar-refractivity contribution in [3.63, 3.8) is 0 Å². The summed E-state index contributed by atoms with van der Waals surface area (Å²) in [5, 5.41) is 25.8. The molecule has 1 atom stereocenters. The van der Waals surface area contributed by atoms with Crippen molar-refractivity contribution in [2.75, 3.05) is 6.54 Å². The lowest BCUT2D eigenvalue weighted by Crippen LogP contribution is -2.41. The summed E-state index contributed by atoms with van der Waals surface area (Å²) >= 11 is 0. The molecule has 1 aromatic heterocycles. The van der Waals surface area contributed by atoms with Gasteiger partial charge in [-0.25, -0.2) is 9.59 Å². The van der Waals surface area contributed by atoms with Gasteiger partial charge in [0.15, 0.2) is 6.10 Å². The number of carbonyl (C=O) groups is 2. The Labute approximate surface area is 103 Å². The Morgan fingerprint density at radius 3 is 2.56 bits per heavy atom.